The molecule has 0 fully saturated rings. The first kappa shape index (κ1) is 14.1. The molecule has 104 valence electrons. The molecular weight excluding hydrogens is 259 g/mol. The highest BCUT2D eigenvalue weighted by molar-refractivity contribution is 5.88. The molecule has 4 heteroatoms. The van der Waals surface area contributed by atoms with E-state index in [1.165, 1.54) is 23.8 Å². The molecule has 1 N–H and O–H groups in total. The molecule has 0 atom stereocenters. The number of carbonyl (C=O) groups is 1. The minimum atomic E-state index is -1.28. The van der Waals surface area contributed by atoms with Crippen LogP contribution in [-0.4, -0.2) is 11.1 Å². The standard InChI is InChI=1S/C16H15FO3/c1-2-11-6-8-13(9-7-11)20-10-12-4-3-5-14(15(12)17)16(18)19/h3-9H,2,10H2,1H3,(H,18,19). The Kier molecular flexibility index (Phi) is 4.35. The van der Waals surface area contributed by atoms with E-state index in [2.05, 4.69) is 6.92 Å². The van der Waals surface area contributed by atoms with Gasteiger partial charge in [-0.25, -0.2) is 9.18 Å². The van der Waals surface area contributed by atoms with E-state index in [-0.39, 0.29) is 17.7 Å². The molecule has 2 aromatic carbocycles. The van der Waals surface area contributed by atoms with E-state index in [0.29, 0.717) is 5.75 Å². The van der Waals surface area contributed by atoms with Crippen molar-refractivity contribution in [2.75, 3.05) is 0 Å². The molecule has 0 spiro atoms. The first-order valence-corrected chi connectivity index (χ1v) is 6.34. The predicted octanol–water partition coefficient (Wildman–Crippen LogP) is 3.67. The van der Waals surface area contributed by atoms with Gasteiger partial charge in [-0.15, -0.1) is 0 Å². The van der Waals surface area contributed by atoms with Crippen LogP contribution in [0.15, 0.2) is 42.5 Å². The number of ether oxygens (including phenoxy) is 1. The van der Waals surface area contributed by atoms with Crippen LogP contribution in [0.5, 0.6) is 5.75 Å². The minimum absolute atomic E-state index is 0.00156. The molecule has 0 unspecified atom stereocenters. The Morgan fingerprint density at radius 3 is 2.50 bits per heavy atom. The summed E-state index contributed by atoms with van der Waals surface area (Å²) in [5.74, 6) is -1.40. The van der Waals surface area contributed by atoms with Gasteiger partial charge in [0.05, 0.1) is 5.56 Å². The Bertz CT molecular complexity index is 606. The molecule has 2 rings (SSSR count). The summed E-state index contributed by atoms with van der Waals surface area (Å²) in [4.78, 5) is 10.8. The molecule has 0 aliphatic heterocycles. The average molecular weight is 274 g/mol. The summed E-state index contributed by atoms with van der Waals surface area (Å²) in [6.45, 7) is 2.06. The molecule has 20 heavy (non-hydrogen) atoms. The maximum atomic E-state index is 13.9. The second kappa shape index (κ2) is 6.19. The van der Waals surface area contributed by atoms with Gasteiger partial charge in [-0.2, -0.15) is 0 Å². The van der Waals surface area contributed by atoms with Crippen molar-refractivity contribution in [3.05, 3.63) is 65.0 Å². The number of hydrogen-bond donors (Lipinski definition) is 1. The van der Waals surface area contributed by atoms with Crippen molar-refractivity contribution >= 4 is 5.97 Å². The van der Waals surface area contributed by atoms with Gasteiger partial charge in [-0.3, -0.25) is 0 Å². The highest BCUT2D eigenvalue weighted by Gasteiger charge is 2.13. The third-order valence-corrected chi connectivity index (χ3v) is 3.04. The van der Waals surface area contributed by atoms with Crippen LogP contribution in [0.2, 0.25) is 0 Å². The number of halogens is 1. The number of carboxylic acids is 1. The molecule has 0 aliphatic rings. The number of rotatable bonds is 5. The lowest BCUT2D eigenvalue weighted by atomic mass is 10.1. The summed E-state index contributed by atoms with van der Waals surface area (Å²) < 4.78 is 19.4. The quantitative estimate of drug-likeness (QED) is 0.905. The van der Waals surface area contributed by atoms with Crippen molar-refractivity contribution in [3.63, 3.8) is 0 Å². The monoisotopic (exact) mass is 274 g/mol. The van der Waals surface area contributed by atoms with E-state index >= 15 is 0 Å². The SMILES string of the molecule is CCc1ccc(OCc2cccc(C(=O)O)c2F)cc1. The van der Waals surface area contributed by atoms with Crippen molar-refractivity contribution in [1.29, 1.82) is 0 Å². The van der Waals surface area contributed by atoms with Gasteiger partial charge in [0.25, 0.3) is 0 Å². The molecule has 0 bridgehead atoms. The summed E-state index contributed by atoms with van der Waals surface area (Å²) in [6.07, 6.45) is 0.940. The molecular formula is C16H15FO3. The molecule has 0 heterocycles. The van der Waals surface area contributed by atoms with Crippen LogP contribution in [-0.2, 0) is 13.0 Å². The fourth-order valence-corrected chi connectivity index (χ4v) is 1.84. The lowest BCUT2D eigenvalue weighted by molar-refractivity contribution is 0.0691. The number of aryl methyl sites for hydroxylation is 1. The third-order valence-electron chi connectivity index (χ3n) is 3.04. The lowest BCUT2D eigenvalue weighted by Gasteiger charge is -2.09. The van der Waals surface area contributed by atoms with Gasteiger partial charge in [0.1, 0.15) is 18.2 Å². The second-order valence-electron chi connectivity index (χ2n) is 4.37. The molecule has 0 aliphatic carbocycles. The largest absolute Gasteiger partial charge is 0.489 e. The van der Waals surface area contributed by atoms with Crippen LogP contribution < -0.4 is 4.74 Å². The van der Waals surface area contributed by atoms with E-state index in [1.54, 1.807) is 0 Å². The summed E-state index contributed by atoms with van der Waals surface area (Å²) in [6, 6.07) is 11.8. The van der Waals surface area contributed by atoms with Crippen LogP contribution in [0.3, 0.4) is 0 Å². The first-order chi connectivity index (χ1) is 9.61. The van der Waals surface area contributed by atoms with Crippen molar-refractivity contribution in [1.82, 2.24) is 0 Å². The van der Waals surface area contributed by atoms with Gasteiger partial charge in [-0.05, 0) is 30.2 Å². The topological polar surface area (TPSA) is 46.5 Å². The number of hydrogen-bond acceptors (Lipinski definition) is 2. The van der Waals surface area contributed by atoms with Gasteiger partial charge < -0.3 is 9.84 Å². The molecule has 0 amide bonds. The maximum absolute atomic E-state index is 13.9. The van der Waals surface area contributed by atoms with Crippen molar-refractivity contribution in [2.45, 2.75) is 20.0 Å². The Morgan fingerprint density at radius 2 is 1.90 bits per heavy atom. The van der Waals surface area contributed by atoms with Crippen LogP contribution in [0.25, 0.3) is 0 Å². The summed E-state index contributed by atoms with van der Waals surface area (Å²) in [5, 5.41) is 8.85. The summed E-state index contributed by atoms with van der Waals surface area (Å²) in [7, 11) is 0. The van der Waals surface area contributed by atoms with E-state index < -0.39 is 11.8 Å². The van der Waals surface area contributed by atoms with Gasteiger partial charge >= 0.3 is 5.97 Å². The van der Waals surface area contributed by atoms with E-state index in [9.17, 15) is 9.18 Å². The smallest absolute Gasteiger partial charge is 0.338 e. The molecule has 2 aromatic rings. The maximum Gasteiger partial charge on any atom is 0.338 e. The zero-order chi connectivity index (χ0) is 14.5. The summed E-state index contributed by atoms with van der Waals surface area (Å²) in [5.41, 5.74) is 1.08. The molecule has 3 nitrogen and oxygen atoms in total. The highest BCUT2D eigenvalue weighted by Crippen LogP contribution is 2.18. The number of carboxylic acid groups (broad SMARTS) is 1. The Hall–Kier alpha value is -2.36. The van der Waals surface area contributed by atoms with Gasteiger partial charge in [0, 0.05) is 5.56 Å². The van der Waals surface area contributed by atoms with Crippen molar-refractivity contribution in [2.24, 2.45) is 0 Å². The van der Waals surface area contributed by atoms with Crippen LogP contribution in [0.1, 0.15) is 28.4 Å². The van der Waals surface area contributed by atoms with E-state index in [0.717, 1.165) is 6.42 Å². The first-order valence-electron chi connectivity index (χ1n) is 6.34. The van der Waals surface area contributed by atoms with Crippen LogP contribution in [0.4, 0.5) is 4.39 Å². The van der Waals surface area contributed by atoms with Gasteiger partial charge in [0.2, 0.25) is 0 Å². The summed E-state index contributed by atoms with van der Waals surface area (Å²) >= 11 is 0. The Labute approximate surface area is 116 Å². The minimum Gasteiger partial charge on any atom is -0.489 e. The van der Waals surface area contributed by atoms with Crippen LogP contribution in [0, 0.1) is 5.82 Å². The molecule has 0 radical (unpaired) electrons. The molecule has 0 saturated heterocycles. The van der Waals surface area contributed by atoms with E-state index in [4.69, 9.17) is 9.84 Å². The van der Waals surface area contributed by atoms with Gasteiger partial charge in [-0.1, -0.05) is 31.2 Å². The zero-order valence-electron chi connectivity index (χ0n) is 11.1. The lowest BCUT2D eigenvalue weighted by Crippen LogP contribution is -2.06. The molecule has 0 saturated carbocycles. The van der Waals surface area contributed by atoms with Crippen molar-refractivity contribution < 1.29 is 19.0 Å². The fourth-order valence-electron chi connectivity index (χ4n) is 1.84. The fraction of sp³-hybridized carbons (Fsp3) is 0.188. The Morgan fingerprint density at radius 1 is 1.20 bits per heavy atom. The number of aromatic carboxylic acids is 1. The van der Waals surface area contributed by atoms with Crippen molar-refractivity contribution in [3.8, 4) is 5.75 Å². The second-order valence-corrected chi connectivity index (χ2v) is 4.37. The normalized spacial score (nSPS) is 10.3. The predicted molar refractivity (Wildman–Crippen MR) is 73.5 cm³/mol. The number of benzene rings is 2. The molecule has 0 aromatic heterocycles. The Balaban J connectivity index is 2.10. The zero-order valence-corrected chi connectivity index (χ0v) is 11.1. The average Bonchev–Trinajstić information content (AvgIpc) is 2.46. The van der Waals surface area contributed by atoms with E-state index in [1.807, 2.05) is 24.3 Å². The van der Waals surface area contributed by atoms with Crippen LogP contribution >= 0.6 is 0 Å². The van der Waals surface area contributed by atoms with Gasteiger partial charge in [0.15, 0.2) is 0 Å². The highest BCUT2D eigenvalue weighted by atomic mass is 19.1. The third kappa shape index (κ3) is 3.15.